The molecule has 1 N–H and O–H groups in total. The molecule has 0 saturated carbocycles. The smallest absolute Gasteiger partial charge is 0.243 e. The van der Waals surface area contributed by atoms with E-state index in [9.17, 15) is 9.59 Å². The van der Waals surface area contributed by atoms with Crippen molar-refractivity contribution in [3.63, 3.8) is 0 Å². The van der Waals surface area contributed by atoms with Crippen molar-refractivity contribution in [2.45, 2.75) is 45.2 Å². The molecule has 3 aromatic rings. The van der Waals surface area contributed by atoms with Gasteiger partial charge in [0.15, 0.2) is 0 Å². The second-order valence-corrected chi connectivity index (χ2v) is 8.02. The Morgan fingerprint density at radius 2 is 1.31 bits per heavy atom. The number of nitrogens with zero attached hydrogens (tertiary/aromatic N) is 1. The number of hydrogen-bond donors (Lipinski definition) is 1. The van der Waals surface area contributed by atoms with Crippen molar-refractivity contribution in [2.24, 2.45) is 0 Å². The minimum absolute atomic E-state index is 0.0494. The lowest BCUT2D eigenvalue weighted by Gasteiger charge is -2.31. The first-order valence-corrected chi connectivity index (χ1v) is 11.4. The fraction of sp³-hybridized carbons (Fsp3) is 0.286. The van der Waals surface area contributed by atoms with Crippen molar-refractivity contribution in [1.29, 1.82) is 0 Å². The van der Waals surface area contributed by atoms with Gasteiger partial charge in [-0.3, -0.25) is 9.59 Å². The standard InChI is InChI=1S/C28H32N2O2/c1-2-3-19-29-28(32)26(20-23-13-7-4-8-14-23)30(22-25-17-11-6-12-18-25)27(31)21-24-15-9-5-10-16-24/h4-18,26H,2-3,19-22H2,1H3,(H,29,32)/t26-/m1/s1. The molecule has 0 fully saturated rings. The van der Waals surface area contributed by atoms with Crippen LogP contribution in [0.3, 0.4) is 0 Å². The molecule has 0 aromatic heterocycles. The van der Waals surface area contributed by atoms with Gasteiger partial charge >= 0.3 is 0 Å². The summed E-state index contributed by atoms with van der Waals surface area (Å²) in [4.78, 5) is 28.6. The van der Waals surface area contributed by atoms with Crippen LogP contribution in [0, 0.1) is 0 Å². The molecule has 0 heterocycles. The minimum atomic E-state index is -0.578. The Hall–Kier alpha value is -3.40. The normalized spacial score (nSPS) is 11.5. The molecular formula is C28H32N2O2. The molecule has 0 radical (unpaired) electrons. The Morgan fingerprint density at radius 1 is 0.781 bits per heavy atom. The van der Waals surface area contributed by atoms with Crippen LogP contribution >= 0.6 is 0 Å². The van der Waals surface area contributed by atoms with Crippen molar-refractivity contribution in [2.75, 3.05) is 6.54 Å². The number of carbonyl (C=O) groups is 2. The van der Waals surface area contributed by atoms with Gasteiger partial charge < -0.3 is 10.2 Å². The molecular weight excluding hydrogens is 396 g/mol. The zero-order valence-corrected chi connectivity index (χ0v) is 18.7. The first-order chi connectivity index (χ1) is 15.7. The number of hydrogen-bond acceptors (Lipinski definition) is 2. The average Bonchev–Trinajstić information content (AvgIpc) is 2.83. The Labute approximate surface area is 191 Å². The molecule has 0 unspecified atom stereocenters. The van der Waals surface area contributed by atoms with Crippen LogP contribution in [0.1, 0.15) is 36.5 Å². The third-order valence-corrected chi connectivity index (χ3v) is 5.49. The lowest BCUT2D eigenvalue weighted by molar-refractivity contribution is -0.140. The topological polar surface area (TPSA) is 49.4 Å². The van der Waals surface area contributed by atoms with Gasteiger partial charge in [-0.25, -0.2) is 0 Å². The Bertz CT molecular complexity index is 958. The molecule has 0 spiro atoms. The third kappa shape index (κ3) is 7.09. The quantitative estimate of drug-likeness (QED) is 0.447. The SMILES string of the molecule is CCCCNC(=O)[C@@H](Cc1ccccc1)N(Cc1ccccc1)C(=O)Cc1ccccc1. The zero-order valence-electron chi connectivity index (χ0n) is 18.7. The Morgan fingerprint density at radius 3 is 1.88 bits per heavy atom. The third-order valence-electron chi connectivity index (χ3n) is 5.49. The van der Waals surface area contributed by atoms with Crippen molar-refractivity contribution in [3.8, 4) is 0 Å². The van der Waals surface area contributed by atoms with E-state index in [2.05, 4.69) is 12.2 Å². The molecule has 0 bridgehead atoms. The van der Waals surface area contributed by atoms with E-state index in [0.29, 0.717) is 19.5 Å². The van der Waals surface area contributed by atoms with E-state index in [1.165, 1.54) is 0 Å². The first-order valence-electron chi connectivity index (χ1n) is 11.4. The second-order valence-electron chi connectivity index (χ2n) is 8.02. The predicted octanol–water partition coefficient (Wildman–Crippen LogP) is 4.79. The monoisotopic (exact) mass is 428 g/mol. The van der Waals surface area contributed by atoms with E-state index in [1.54, 1.807) is 4.90 Å². The molecule has 0 aliphatic rings. The van der Waals surface area contributed by atoms with Gasteiger partial charge in [-0.1, -0.05) is 104 Å². The second kappa shape index (κ2) is 12.5. The molecule has 4 nitrogen and oxygen atoms in total. The summed E-state index contributed by atoms with van der Waals surface area (Å²) >= 11 is 0. The maximum atomic E-state index is 13.5. The fourth-order valence-corrected chi connectivity index (χ4v) is 3.71. The molecule has 0 saturated heterocycles. The summed E-state index contributed by atoms with van der Waals surface area (Å²) in [6.45, 7) is 3.11. The number of amides is 2. The highest BCUT2D eigenvalue weighted by molar-refractivity contribution is 5.88. The van der Waals surface area contributed by atoms with E-state index < -0.39 is 6.04 Å². The van der Waals surface area contributed by atoms with Crippen LogP contribution in [0.4, 0.5) is 0 Å². The fourth-order valence-electron chi connectivity index (χ4n) is 3.71. The maximum Gasteiger partial charge on any atom is 0.243 e. The molecule has 4 heteroatoms. The van der Waals surface area contributed by atoms with Crippen LogP contribution < -0.4 is 5.32 Å². The van der Waals surface area contributed by atoms with Crippen LogP contribution in [0.5, 0.6) is 0 Å². The molecule has 0 aliphatic carbocycles. The van der Waals surface area contributed by atoms with Gasteiger partial charge in [0.05, 0.1) is 6.42 Å². The van der Waals surface area contributed by atoms with Crippen LogP contribution in [0.25, 0.3) is 0 Å². The predicted molar refractivity (Wildman–Crippen MR) is 129 cm³/mol. The lowest BCUT2D eigenvalue weighted by atomic mass is 10.0. The number of carbonyl (C=O) groups excluding carboxylic acids is 2. The minimum Gasteiger partial charge on any atom is -0.354 e. The summed E-state index contributed by atoms with van der Waals surface area (Å²) in [6.07, 6.45) is 2.66. The van der Waals surface area contributed by atoms with Gasteiger partial charge in [0.2, 0.25) is 11.8 Å². The van der Waals surface area contributed by atoms with Crippen molar-refractivity contribution < 1.29 is 9.59 Å². The van der Waals surface area contributed by atoms with E-state index in [4.69, 9.17) is 0 Å². The van der Waals surface area contributed by atoms with Gasteiger partial charge in [-0.15, -0.1) is 0 Å². The van der Waals surface area contributed by atoms with Crippen molar-refractivity contribution in [3.05, 3.63) is 108 Å². The van der Waals surface area contributed by atoms with E-state index in [0.717, 1.165) is 29.5 Å². The molecule has 3 aromatic carbocycles. The Balaban J connectivity index is 1.90. The van der Waals surface area contributed by atoms with E-state index in [-0.39, 0.29) is 18.2 Å². The highest BCUT2D eigenvalue weighted by Gasteiger charge is 2.30. The summed E-state index contributed by atoms with van der Waals surface area (Å²) in [5.41, 5.74) is 2.99. The molecule has 0 aliphatic heterocycles. The highest BCUT2D eigenvalue weighted by Crippen LogP contribution is 2.16. The van der Waals surface area contributed by atoms with E-state index >= 15 is 0 Å². The van der Waals surface area contributed by atoms with Crippen LogP contribution in [0.2, 0.25) is 0 Å². The summed E-state index contributed by atoms with van der Waals surface area (Å²) in [6, 6.07) is 28.9. The van der Waals surface area contributed by atoms with Crippen LogP contribution in [-0.2, 0) is 29.0 Å². The summed E-state index contributed by atoms with van der Waals surface area (Å²) < 4.78 is 0. The first kappa shape index (κ1) is 23.3. The van der Waals surface area contributed by atoms with Crippen molar-refractivity contribution in [1.82, 2.24) is 10.2 Å². The van der Waals surface area contributed by atoms with Crippen molar-refractivity contribution >= 4 is 11.8 Å². The number of unbranched alkanes of at least 4 members (excludes halogenated alkanes) is 1. The number of nitrogens with one attached hydrogen (secondary N) is 1. The van der Waals surface area contributed by atoms with E-state index in [1.807, 2.05) is 91.0 Å². The van der Waals surface area contributed by atoms with Gasteiger partial charge in [0.1, 0.15) is 6.04 Å². The number of rotatable bonds is 11. The molecule has 1 atom stereocenters. The summed E-state index contributed by atoms with van der Waals surface area (Å²) in [5, 5.41) is 3.06. The molecule has 32 heavy (non-hydrogen) atoms. The maximum absolute atomic E-state index is 13.5. The number of benzene rings is 3. The highest BCUT2D eigenvalue weighted by atomic mass is 16.2. The largest absolute Gasteiger partial charge is 0.354 e. The van der Waals surface area contributed by atoms with Gasteiger partial charge in [0, 0.05) is 19.5 Å². The average molecular weight is 429 g/mol. The molecule has 166 valence electrons. The molecule has 3 rings (SSSR count). The Kier molecular flexibility index (Phi) is 9.05. The van der Waals surface area contributed by atoms with Gasteiger partial charge in [0.25, 0.3) is 0 Å². The zero-order chi connectivity index (χ0) is 22.6. The van der Waals surface area contributed by atoms with Crippen LogP contribution in [0.15, 0.2) is 91.0 Å². The summed E-state index contributed by atoms with van der Waals surface area (Å²) in [7, 11) is 0. The molecule has 2 amide bonds. The van der Waals surface area contributed by atoms with Crippen LogP contribution in [-0.4, -0.2) is 29.3 Å². The lowest BCUT2D eigenvalue weighted by Crippen LogP contribution is -2.51. The van der Waals surface area contributed by atoms with Gasteiger partial charge in [-0.05, 0) is 23.1 Å². The summed E-state index contributed by atoms with van der Waals surface area (Å²) in [5.74, 6) is -0.147. The van der Waals surface area contributed by atoms with Gasteiger partial charge in [-0.2, -0.15) is 0 Å².